The van der Waals surface area contributed by atoms with Crippen LogP contribution in [-0.4, -0.2) is 44.0 Å². The summed E-state index contributed by atoms with van der Waals surface area (Å²) in [6, 6.07) is 8.33. The first-order chi connectivity index (χ1) is 13.2. The number of rotatable bonds is 7. The van der Waals surface area contributed by atoms with Crippen molar-refractivity contribution in [3.05, 3.63) is 35.5 Å². The number of benzene rings is 1. The van der Waals surface area contributed by atoms with Gasteiger partial charge in [-0.15, -0.1) is 10.2 Å². The Morgan fingerprint density at radius 3 is 2.93 bits per heavy atom. The van der Waals surface area contributed by atoms with Gasteiger partial charge in [0.15, 0.2) is 8.68 Å². The lowest BCUT2D eigenvalue weighted by Crippen LogP contribution is -2.36. The average molecular weight is 419 g/mol. The highest BCUT2D eigenvalue weighted by Crippen LogP contribution is 2.31. The normalized spacial score (nSPS) is 13.9. The number of unbranched alkanes of at least 4 members (excludes halogenated alkanes) is 1. The minimum absolute atomic E-state index is 0.173. The molecule has 0 saturated carbocycles. The molecule has 3 heterocycles. The fourth-order valence-corrected chi connectivity index (χ4v) is 6.29. The van der Waals surface area contributed by atoms with Crippen molar-refractivity contribution in [3.63, 3.8) is 0 Å². The molecule has 1 aliphatic rings. The Labute approximate surface area is 171 Å². The Balaban J connectivity index is 1.34. The number of aromatic nitrogens is 3. The van der Waals surface area contributed by atoms with Crippen molar-refractivity contribution >= 4 is 51.7 Å². The molecule has 0 unspecified atom stereocenters. The van der Waals surface area contributed by atoms with Gasteiger partial charge in [-0.2, -0.15) is 0 Å². The second-order valence-corrected chi connectivity index (χ2v) is 10.1. The van der Waals surface area contributed by atoms with Gasteiger partial charge in [-0.25, -0.2) is 0 Å². The SMILES string of the molecule is CCCCSc1nnc(SCC(=O)N2CCc3[nH]c4ccccc4c3C2)s1. The molecule has 5 nitrogen and oxygen atoms in total. The topological polar surface area (TPSA) is 61.9 Å². The summed E-state index contributed by atoms with van der Waals surface area (Å²) in [4.78, 5) is 18.2. The molecule has 0 spiro atoms. The number of fused-ring (bicyclic) bond motifs is 3. The number of para-hydroxylation sites is 1. The van der Waals surface area contributed by atoms with Crippen molar-refractivity contribution in [2.24, 2.45) is 0 Å². The zero-order valence-corrected chi connectivity index (χ0v) is 17.7. The summed E-state index contributed by atoms with van der Waals surface area (Å²) in [5.74, 6) is 1.67. The van der Waals surface area contributed by atoms with E-state index in [2.05, 4.69) is 40.3 Å². The Bertz CT molecular complexity index is 936. The van der Waals surface area contributed by atoms with Crippen LogP contribution in [0.2, 0.25) is 0 Å². The van der Waals surface area contributed by atoms with Crippen LogP contribution in [0.15, 0.2) is 32.9 Å². The van der Waals surface area contributed by atoms with Gasteiger partial charge in [-0.05, 0) is 12.5 Å². The largest absolute Gasteiger partial charge is 0.358 e. The van der Waals surface area contributed by atoms with E-state index >= 15 is 0 Å². The van der Waals surface area contributed by atoms with Gasteiger partial charge in [0, 0.05) is 47.4 Å². The van der Waals surface area contributed by atoms with E-state index in [9.17, 15) is 4.79 Å². The number of amides is 1. The molecular formula is C19H22N4OS3. The number of aromatic amines is 1. The second-order valence-electron chi connectivity index (χ2n) is 6.52. The fourth-order valence-electron chi connectivity index (χ4n) is 3.21. The number of nitrogens with zero attached hydrogens (tertiary/aromatic N) is 3. The molecule has 4 rings (SSSR count). The van der Waals surface area contributed by atoms with Crippen molar-refractivity contribution in [1.29, 1.82) is 0 Å². The Hall–Kier alpha value is -1.51. The molecule has 8 heteroatoms. The molecule has 0 radical (unpaired) electrons. The van der Waals surface area contributed by atoms with Crippen LogP contribution in [0.3, 0.4) is 0 Å². The summed E-state index contributed by atoms with van der Waals surface area (Å²) >= 11 is 4.85. The maximum Gasteiger partial charge on any atom is 0.233 e. The van der Waals surface area contributed by atoms with E-state index < -0.39 is 0 Å². The lowest BCUT2D eigenvalue weighted by atomic mass is 10.0. The van der Waals surface area contributed by atoms with Gasteiger partial charge in [-0.3, -0.25) is 4.79 Å². The maximum absolute atomic E-state index is 12.7. The molecule has 0 fully saturated rings. The lowest BCUT2D eigenvalue weighted by Gasteiger charge is -2.27. The summed E-state index contributed by atoms with van der Waals surface area (Å²) in [6.07, 6.45) is 3.27. The number of carbonyl (C=O) groups is 1. The Morgan fingerprint density at radius 2 is 2.07 bits per heavy atom. The number of nitrogens with one attached hydrogen (secondary N) is 1. The summed E-state index contributed by atoms with van der Waals surface area (Å²) in [6.45, 7) is 3.65. The van der Waals surface area contributed by atoms with Crippen molar-refractivity contribution < 1.29 is 4.79 Å². The van der Waals surface area contributed by atoms with E-state index in [0.717, 1.165) is 32.9 Å². The first-order valence-electron chi connectivity index (χ1n) is 9.20. The van der Waals surface area contributed by atoms with Crippen LogP contribution in [0.25, 0.3) is 10.9 Å². The van der Waals surface area contributed by atoms with Crippen LogP contribution < -0.4 is 0 Å². The van der Waals surface area contributed by atoms with Gasteiger partial charge in [0.25, 0.3) is 0 Å². The van der Waals surface area contributed by atoms with Gasteiger partial charge in [0.1, 0.15) is 0 Å². The van der Waals surface area contributed by atoms with Crippen LogP contribution in [-0.2, 0) is 17.8 Å². The van der Waals surface area contributed by atoms with Gasteiger partial charge in [-0.1, -0.05) is 66.4 Å². The average Bonchev–Trinajstić information content (AvgIpc) is 3.30. The number of hydrogen-bond acceptors (Lipinski definition) is 6. The van der Waals surface area contributed by atoms with E-state index in [4.69, 9.17) is 0 Å². The summed E-state index contributed by atoms with van der Waals surface area (Å²) in [5.41, 5.74) is 3.69. The van der Waals surface area contributed by atoms with Crippen LogP contribution in [0, 0.1) is 0 Å². The fraction of sp³-hybridized carbons (Fsp3) is 0.421. The third kappa shape index (κ3) is 4.33. The molecule has 1 aliphatic heterocycles. The maximum atomic E-state index is 12.7. The Morgan fingerprint density at radius 1 is 1.26 bits per heavy atom. The molecule has 3 aromatic rings. The second kappa shape index (κ2) is 8.67. The molecule has 1 amide bonds. The first kappa shape index (κ1) is 18.8. The zero-order valence-electron chi connectivity index (χ0n) is 15.2. The molecule has 1 aromatic carbocycles. The monoisotopic (exact) mass is 418 g/mol. The van der Waals surface area contributed by atoms with E-state index in [1.165, 1.54) is 41.2 Å². The number of carbonyl (C=O) groups excluding carboxylic acids is 1. The number of thioether (sulfide) groups is 2. The quantitative estimate of drug-likeness (QED) is 0.449. The molecule has 1 N–H and O–H groups in total. The van der Waals surface area contributed by atoms with Crippen molar-refractivity contribution in [3.8, 4) is 0 Å². The molecule has 2 aromatic heterocycles. The molecule has 142 valence electrons. The highest BCUT2D eigenvalue weighted by atomic mass is 32.2. The zero-order chi connectivity index (χ0) is 18.6. The van der Waals surface area contributed by atoms with E-state index in [-0.39, 0.29) is 5.91 Å². The summed E-state index contributed by atoms with van der Waals surface area (Å²) in [5, 5.41) is 9.66. The Kier molecular flexibility index (Phi) is 6.04. The van der Waals surface area contributed by atoms with E-state index in [1.54, 1.807) is 23.1 Å². The smallest absolute Gasteiger partial charge is 0.233 e. The molecule has 0 aliphatic carbocycles. The van der Waals surface area contributed by atoms with E-state index in [1.807, 2.05) is 11.0 Å². The standard InChI is InChI=1S/C19H22N4OS3/c1-2-3-10-25-18-21-22-19(27-18)26-12-17(24)23-9-8-16-14(11-23)13-6-4-5-7-15(13)20-16/h4-7,20H,2-3,8-12H2,1H3. The minimum atomic E-state index is 0.173. The van der Waals surface area contributed by atoms with Gasteiger partial charge >= 0.3 is 0 Å². The number of hydrogen-bond donors (Lipinski definition) is 1. The van der Waals surface area contributed by atoms with Gasteiger partial charge in [0.05, 0.1) is 5.75 Å². The highest BCUT2D eigenvalue weighted by molar-refractivity contribution is 8.03. The van der Waals surface area contributed by atoms with Crippen molar-refractivity contribution in [2.75, 3.05) is 18.1 Å². The number of H-pyrrole nitrogens is 1. The molecule has 0 bridgehead atoms. The predicted octanol–water partition coefficient (Wildman–Crippen LogP) is 4.59. The summed E-state index contributed by atoms with van der Waals surface area (Å²) in [7, 11) is 0. The van der Waals surface area contributed by atoms with Crippen LogP contribution in [0.5, 0.6) is 0 Å². The van der Waals surface area contributed by atoms with Crippen LogP contribution >= 0.6 is 34.9 Å². The van der Waals surface area contributed by atoms with Crippen molar-refractivity contribution in [2.45, 2.75) is 41.4 Å². The summed E-state index contributed by atoms with van der Waals surface area (Å²) < 4.78 is 1.88. The lowest BCUT2D eigenvalue weighted by molar-refractivity contribution is -0.129. The van der Waals surface area contributed by atoms with Crippen LogP contribution in [0.1, 0.15) is 31.0 Å². The molecule has 27 heavy (non-hydrogen) atoms. The highest BCUT2D eigenvalue weighted by Gasteiger charge is 2.24. The van der Waals surface area contributed by atoms with Crippen LogP contribution in [0.4, 0.5) is 0 Å². The molecule has 0 atom stereocenters. The minimum Gasteiger partial charge on any atom is -0.358 e. The predicted molar refractivity (Wildman–Crippen MR) is 114 cm³/mol. The van der Waals surface area contributed by atoms with Crippen molar-refractivity contribution in [1.82, 2.24) is 20.1 Å². The third-order valence-electron chi connectivity index (χ3n) is 4.67. The third-order valence-corrected chi connectivity index (χ3v) is 7.93. The molecule has 0 saturated heterocycles. The molecular weight excluding hydrogens is 396 g/mol. The van der Waals surface area contributed by atoms with Gasteiger partial charge < -0.3 is 9.88 Å². The van der Waals surface area contributed by atoms with E-state index in [0.29, 0.717) is 12.3 Å². The van der Waals surface area contributed by atoms with Gasteiger partial charge in [0.2, 0.25) is 5.91 Å². The first-order valence-corrected chi connectivity index (χ1v) is 12.0.